The fraction of sp³-hybridized carbons (Fsp3) is 0.222. The zero-order valence-corrected chi connectivity index (χ0v) is 17.1. The van der Waals surface area contributed by atoms with Crippen molar-refractivity contribution in [1.29, 1.82) is 0 Å². The molecule has 0 amide bonds. The van der Waals surface area contributed by atoms with Gasteiger partial charge in [-0.3, -0.25) is 0 Å². The summed E-state index contributed by atoms with van der Waals surface area (Å²) < 4.78 is 28.4. The molecule has 132 valence electrons. The number of hydrogen-bond donors (Lipinski definition) is 0. The summed E-state index contributed by atoms with van der Waals surface area (Å²) in [5.74, 6) is 0. The van der Waals surface area contributed by atoms with Crippen LogP contribution in [0.25, 0.3) is 10.9 Å². The molecule has 2 aromatic carbocycles. The van der Waals surface area contributed by atoms with E-state index in [0.29, 0.717) is 10.5 Å². The van der Waals surface area contributed by atoms with Gasteiger partial charge in [0.25, 0.3) is 10.0 Å². The van der Waals surface area contributed by atoms with E-state index in [1.54, 1.807) is 18.3 Å². The fourth-order valence-electron chi connectivity index (χ4n) is 2.73. The SMILES string of the molecule is CN(C)CCc1cn(S(=O)(=O)c2ccc(Cl)cc2)c2c(Br)cccc12. The van der Waals surface area contributed by atoms with Crippen molar-refractivity contribution in [2.75, 3.05) is 20.6 Å². The van der Waals surface area contributed by atoms with Crippen LogP contribution in [0.5, 0.6) is 0 Å². The highest BCUT2D eigenvalue weighted by atomic mass is 79.9. The maximum Gasteiger partial charge on any atom is 0.268 e. The summed E-state index contributed by atoms with van der Waals surface area (Å²) >= 11 is 9.39. The van der Waals surface area contributed by atoms with Gasteiger partial charge in [0.05, 0.1) is 10.4 Å². The molecule has 0 aliphatic rings. The van der Waals surface area contributed by atoms with Crippen LogP contribution in [-0.4, -0.2) is 37.9 Å². The molecule has 3 rings (SSSR count). The van der Waals surface area contributed by atoms with Crippen LogP contribution in [0.1, 0.15) is 5.56 Å². The highest BCUT2D eigenvalue weighted by Crippen LogP contribution is 2.32. The van der Waals surface area contributed by atoms with E-state index in [9.17, 15) is 8.42 Å². The normalized spacial score (nSPS) is 12.2. The van der Waals surface area contributed by atoms with Gasteiger partial charge < -0.3 is 4.90 Å². The minimum absolute atomic E-state index is 0.212. The van der Waals surface area contributed by atoms with Gasteiger partial charge in [-0.15, -0.1) is 0 Å². The lowest BCUT2D eigenvalue weighted by Crippen LogP contribution is -2.15. The highest BCUT2D eigenvalue weighted by molar-refractivity contribution is 9.10. The molecule has 0 atom stereocenters. The van der Waals surface area contributed by atoms with E-state index in [4.69, 9.17) is 11.6 Å². The lowest BCUT2D eigenvalue weighted by atomic mass is 10.1. The quantitative estimate of drug-likeness (QED) is 0.589. The number of nitrogens with zero attached hydrogens (tertiary/aromatic N) is 2. The van der Waals surface area contributed by atoms with Gasteiger partial charge in [-0.25, -0.2) is 12.4 Å². The number of halogens is 2. The predicted molar refractivity (Wildman–Crippen MR) is 106 cm³/mol. The molecule has 0 N–H and O–H groups in total. The Kier molecular flexibility index (Phi) is 5.25. The van der Waals surface area contributed by atoms with Crippen LogP contribution in [0.2, 0.25) is 5.02 Å². The molecule has 3 aromatic rings. The second-order valence-electron chi connectivity index (χ2n) is 6.10. The Balaban J connectivity index is 2.20. The van der Waals surface area contributed by atoms with Crippen LogP contribution >= 0.6 is 27.5 Å². The van der Waals surface area contributed by atoms with Crippen molar-refractivity contribution < 1.29 is 8.42 Å². The van der Waals surface area contributed by atoms with Crippen molar-refractivity contribution in [2.24, 2.45) is 0 Å². The molecular formula is C18H18BrClN2O2S. The third-order valence-electron chi connectivity index (χ3n) is 4.03. The van der Waals surface area contributed by atoms with Gasteiger partial charge >= 0.3 is 0 Å². The van der Waals surface area contributed by atoms with Gasteiger partial charge in [0.15, 0.2) is 0 Å². The van der Waals surface area contributed by atoms with E-state index in [2.05, 4.69) is 20.8 Å². The fourth-order valence-corrected chi connectivity index (χ4v) is 4.94. The van der Waals surface area contributed by atoms with E-state index < -0.39 is 10.0 Å². The first kappa shape index (κ1) is 18.5. The highest BCUT2D eigenvalue weighted by Gasteiger charge is 2.22. The Morgan fingerprint density at radius 3 is 2.44 bits per heavy atom. The molecule has 0 radical (unpaired) electrons. The molecule has 0 bridgehead atoms. The van der Waals surface area contributed by atoms with Crippen molar-refractivity contribution in [2.45, 2.75) is 11.3 Å². The van der Waals surface area contributed by atoms with Crippen molar-refractivity contribution in [1.82, 2.24) is 8.87 Å². The average molecular weight is 442 g/mol. The second-order valence-corrected chi connectivity index (χ2v) is 9.20. The molecule has 1 heterocycles. The van der Waals surface area contributed by atoms with Gasteiger partial charge in [0.2, 0.25) is 0 Å². The second kappa shape index (κ2) is 7.11. The summed E-state index contributed by atoms with van der Waals surface area (Å²) in [6.07, 6.45) is 2.49. The number of fused-ring (bicyclic) bond motifs is 1. The molecule has 0 fully saturated rings. The van der Waals surface area contributed by atoms with Crippen LogP contribution in [0, 0.1) is 0 Å². The first-order valence-electron chi connectivity index (χ1n) is 7.75. The van der Waals surface area contributed by atoms with E-state index in [1.807, 2.05) is 32.3 Å². The summed E-state index contributed by atoms with van der Waals surface area (Å²) in [6, 6.07) is 12.0. The number of aromatic nitrogens is 1. The Labute approximate surface area is 161 Å². The molecule has 4 nitrogen and oxygen atoms in total. The Hall–Kier alpha value is -1.34. The number of para-hydroxylation sites is 1. The monoisotopic (exact) mass is 440 g/mol. The average Bonchev–Trinajstić information content (AvgIpc) is 2.94. The molecule has 7 heteroatoms. The minimum Gasteiger partial charge on any atom is -0.309 e. The van der Waals surface area contributed by atoms with Crippen molar-refractivity contribution in [3.05, 3.63) is 63.7 Å². The van der Waals surface area contributed by atoms with Crippen LogP contribution < -0.4 is 0 Å². The number of likely N-dealkylation sites (N-methyl/N-ethyl adjacent to an activating group) is 1. The summed E-state index contributed by atoms with van der Waals surface area (Å²) in [7, 11) is 0.291. The topological polar surface area (TPSA) is 42.3 Å². The Bertz CT molecular complexity index is 1010. The van der Waals surface area contributed by atoms with Gasteiger partial charge in [0.1, 0.15) is 0 Å². The largest absolute Gasteiger partial charge is 0.309 e. The molecule has 0 saturated heterocycles. The van der Waals surface area contributed by atoms with E-state index >= 15 is 0 Å². The summed E-state index contributed by atoms with van der Waals surface area (Å²) in [4.78, 5) is 2.29. The molecule has 0 saturated carbocycles. The lowest BCUT2D eigenvalue weighted by Gasteiger charge is -2.08. The van der Waals surface area contributed by atoms with Crippen molar-refractivity contribution >= 4 is 48.5 Å². The zero-order chi connectivity index (χ0) is 18.2. The van der Waals surface area contributed by atoms with Crippen LogP contribution in [0.3, 0.4) is 0 Å². The maximum absolute atomic E-state index is 13.2. The van der Waals surface area contributed by atoms with Crippen molar-refractivity contribution in [3.63, 3.8) is 0 Å². The molecule has 0 aliphatic carbocycles. The standard InChI is InChI=1S/C18H18BrClN2O2S/c1-21(2)11-10-13-12-22(18-16(13)4-3-5-17(18)19)25(23,24)15-8-6-14(20)7-9-15/h3-9,12H,10-11H2,1-2H3. The first-order chi connectivity index (χ1) is 11.8. The van der Waals surface area contributed by atoms with Gasteiger partial charge in [-0.05, 0) is 72.3 Å². The number of hydrogen-bond acceptors (Lipinski definition) is 3. The van der Waals surface area contributed by atoms with Gasteiger partial charge in [-0.1, -0.05) is 23.7 Å². The lowest BCUT2D eigenvalue weighted by molar-refractivity contribution is 0.414. The van der Waals surface area contributed by atoms with E-state index in [0.717, 1.165) is 28.4 Å². The molecule has 0 spiro atoms. The summed E-state index contributed by atoms with van der Waals surface area (Å²) in [5, 5.41) is 1.44. The number of rotatable bonds is 5. The molecule has 25 heavy (non-hydrogen) atoms. The minimum atomic E-state index is -3.71. The van der Waals surface area contributed by atoms with Crippen molar-refractivity contribution in [3.8, 4) is 0 Å². The molecule has 1 aromatic heterocycles. The zero-order valence-electron chi connectivity index (χ0n) is 13.9. The third-order valence-corrected chi connectivity index (χ3v) is 6.59. The van der Waals surface area contributed by atoms with E-state index in [-0.39, 0.29) is 4.90 Å². The van der Waals surface area contributed by atoms with Gasteiger partial charge in [0, 0.05) is 27.6 Å². The first-order valence-corrected chi connectivity index (χ1v) is 10.4. The smallest absolute Gasteiger partial charge is 0.268 e. The molecule has 0 aliphatic heterocycles. The molecule has 0 unspecified atom stereocenters. The Morgan fingerprint density at radius 1 is 1.12 bits per heavy atom. The summed E-state index contributed by atoms with van der Waals surface area (Å²) in [5.41, 5.74) is 1.66. The predicted octanol–water partition coefficient (Wildman–Crippen LogP) is 4.40. The van der Waals surface area contributed by atoms with Gasteiger partial charge in [-0.2, -0.15) is 0 Å². The maximum atomic E-state index is 13.2. The van der Waals surface area contributed by atoms with Crippen LogP contribution in [-0.2, 0) is 16.4 Å². The molecular weight excluding hydrogens is 424 g/mol. The van der Waals surface area contributed by atoms with E-state index in [1.165, 1.54) is 16.1 Å². The number of benzene rings is 2. The Morgan fingerprint density at radius 2 is 1.80 bits per heavy atom. The summed E-state index contributed by atoms with van der Waals surface area (Å²) in [6.45, 7) is 0.840. The van der Waals surface area contributed by atoms with Crippen LogP contribution in [0.4, 0.5) is 0 Å². The van der Waals surface area contributed by atoms with Crippen LogP contribution in [0.15, 0.2) is 58.0 Å². The third kappa shape index (κ3) is 3.62.